The SMILES string of the molecule is Cl.NC(=O)COc1ccc(Cl)cc1CNC1CCCCC1. The fraction of sp³-hybridized carbons (Fsp3) is 0.533. The van der Waals surface area contributed by atoms with Crippen LogP contribution in [0.1, 0.15) is 37.7 Å². The van der Waals surface area contributed by atoms with Crippen LogP contribution in [0.2, 0.25) is 5.02 Å². The summed E-state index contributed by atoms with van der Waals surface area (Å²) in [7, 11) is 0. The molecule has 0 saturated heterocycles. The summed E-state index contributed by atoms with van der Waals surface area (Å²) < 4.78 is 5.42. The molecule has 1 amide bonds. The quantitative estimate of drug-likeness (QED) is 0.841. The van der Waals surface area contributed by atoms with Crippen molar-refractivity contribution in [2.75, 3.05) is 6.61 Å². The summed E-state index contributed by atoms with van der Waals surface area (Å²) >= 11 is 6.03. The molecular weight excluding hydrogens is 311 g/mol. The Hall–Kier alpha value is -0.970. The number of hydrogen-bond donors (Lipinski definition) is 2. The van der Waals surface area contributed by atoms with E-state index in [9.17, 15) is 4.79 Å². The molecule has 0 heterocycles. The topological polar surface area (TPSA) is 64.4 Å². The van der Waals surface area contributed by atoms with E-state index < -0.39 is 5.91 Å². The lowest BCUT2D eigenvalue weighted by Crippen LogP contribution is -2.30. The molecule has 0 aromatic heterocycles. The summed E-state index contributed by atoms with van der Waals surface area (Å²) in [4.78, 5) is 10.8. The first kappa shape index (κ1) is 18.1. The molecule has 21 heavy (non-hydrogen) atoms. The van der Waals surface area contributed by atoms with Crippen molar-refractivity contribution in [3.63, 3.8) is 0 Å². The van der Waals surface area contributed by atoms with E-state index in [0.717, 1.165) is 5.56 Å². The first-order chi connectivity index (χ1) is 9.65. The van der Waals surface area contributed by atoms with Gasteiger partial charge in [-0.05, 0) is 31.0 Å². The minimum Gasteiger partial charge on any atom is -0.483 e. The molecular formula is C15H22Cl2N2O2. The molecule has 6 heteroatoms. The number of hydrogen-bond acceptors (Lipinski definition) is 3. The molecule has 1 aromatic rings. The molecule has 1 aromatic carbocycles. The Morgan fingerprint density at radius 3 is 2.71 bits per heavy atom. The van der Waals surface area contributed by atoms with E-state index in [1.54, 1.807) is 12.1 Å². The van der Waals surface area contributed by atoms with Gasteiger partial charge in [0, 0.05) is 23.2 Å². The van der Waals surface area contributed by atoms with Crippen LogP contribution in [0.5, 0.6) is 5.75 Å². The van der Waals surface area contributed by atoms with Crippen molar-refractivity contribution in [2.24, 2.45) is 5.73 Å². The van der Waals surface area contributed by atoms with Gasteiger partial charge in [-0.2, -0.15) is 0 Å². The van der Waals surface area contributed by atoms with Crippen molar-refractivity contribution in [3.8, 4) is 5.75 Å². The minimum absolute atomic E-state index is 0. The maximum absolute atomic E-state index is 10.8. The lowest BCUT2D eigenvalue weighted by atomic mass is 9.95. The molecule has 3 N–H and O–H groups in total. The van der Waals surface area contributed by atoms with Gasteiger partial charge in [-0.1, -0.05) is 30.9 Å². The Kier molecular flexibility index (Phi) is 7.86. The maximum Gasteiger partial charge on any atom is 0.255 e. The van der Waals surface area contributed by atoms with Crippen LogP contribution in [0.4, 0.5) is 0 Å². The summed E-state index contributed by atoms with van der Waals surface area (Å²) in [6.45, 7) is 0.581. The maximum atomic E-state index is 10.8. The number of nitrogens with one attached hydrogen (secondary N) is 1. The zero-order valence-electron chi connectivity index (χ0n) is 11.9. The van der Waals surface area contributed by atoms with Crippen molar-refractivity contribution in [1.29, 1.82) is 0 Å². The van der Waals surface area contributed by atoms with Gasteiger partial charge in [0.2, 0.25) is 0 Å². The Bertz CT molecular complexity index is 463. The Balaban J connectivity index is 0.00000220. The third-order valence-electron chi connectivity index (χ3n) is 3.58. The largest absolute Gasteiger partial charge is 0.483 e. The molecule has 0 atom stereocenters. The van der Waals surface area contributed by atoms with Crippen molar-refractivity contribution in [2.45, 2.75) is 44.7 Å². The molecule has 1 fully saturated rings. The Morgan fingerprint density at radius 2 is 2.05 bits per heavy atom. The van der Waals surface area contributed by atoms with Gasteiger partial charge in [0.25, 0.3) is 5.91 Å². The van der Waals surface area contributed by atoms with Crippen molar-refractivity contribution < 1.29 is 9.53 Å². The third kappa shape index (κ3) is 6.12. The smallest absolute Gasteiger partial charge is 0.255 e. The van der Waals surface area contributed by atoms with E-state index in [1.807, 2.05) is 6.07 Å². The Labute approximate surface area is 136 Å². The van der Waals surface area contributed by atoms with Crippen LogP contribution in [0.25, 0.3) is 0 Å². The average molecular weight is 333 g/mol. The van der Waals surface area contributed by atoms with E-state index in [-0.39, 0.29) is 19.0 Å². The molecule has 118 valence electrons. The highest BCUT2D eigenvalue weighted by Gasteiger charge is 2.14. The number of nitrogens with two attached hydrogens (primary N) is 1. The average Bonchev–Trinajstić information content (AvgIpc) is 2.45. The van der Waals surface area contributed by atoms with Crippen LogP contribution >= 0.6 is 24.0 Å². The van der Waals surface area contributed by atoms with E-state index in [1.165, 1.54) is 32.1 Å². The molecule has 0 spiro atoms. The Morgan fingerprint density at radius 1 is 1.33 bits per heavy atom. The third-order valence-corrected chi connectivity index (χ3v) is 3.81. The van der Waals surface area contributed by atoms with Crippen LogP contribution in [0.15, 0.2) is 18.2 Å². The number of ether oxygens (including phenoxy) is 1. The summed E-state index contributed by atoms with van der Waals surface area (Å²) in [6.07, 6.45) is 6.36. The van der Waals surface area contributed by atoms with Crippen LogP contribution in [-0.4, -0.2) is 18.6 Å². The standard InChI is InChI=1S/C15H21ClN2O2.ClH/c16-12-6-7-14(20-10-15(17)19)11(8-12)9-18-13-4-2-1-3-5-13;/h6-8,13,18H,1-5,9-10H2,(H2,17,19);1H. The summed E-state index contributed by atoms with van der Waals surface area (Å²) in [5, 5.41) is 4.20. The molecule has 0 unspecified atom stereocenters. The van der Waals surface area contributed by atoms with E-state index in [0.29, 0.717) is 23.4 Å². The fourth-order valence-corrected chi connectivity index (χ4v) is 2.73. The number of primary amides is 1. The number of carbonyl (C=O) groups excluding carboxylic acids is 1. The number of carbonyl (C=O) groups is 1. The summed E-state index contributed by atoms with van der Waals surface area (Å²) in [6, 6.07) is 5.96. The van der Waals surface area contributed by atoms with Crippen LogP contribution < -0.4 is 15.8 Å². The van der Waals surface area contributed by atoms with Crippen molar-refractivity contribution in [3.05, 3.63) is 28.8 Å². The molecule has 1 saturated carbocycles. The summed E-state index contributed by atoms with van der Waals surface area (Å²) in [5.41, 5.74) is 6.07. The minimum atomic E-state index is -0.480. The number of rotatable bonds is 6. The highest BCUT2D eigenvalue weighted by atomic mass is 35.5. The van der Waals surface area contributed by atoms with Gasteiger partial charge in [-0.3, -0.25) is 4.79 Å². The lowest BCUT2D eigenvalue weighted by molar-refractivity contribution is -0.119. The van der Waals surface area contributed by atoms with E-state index in [4.69, 9.17) is 22.1 Å². The van der Waals surface area contributed by atoms with Crippen LogP contribution in [0.3, 0.4) is 0 Å². The lowest BCUT2D eigenvalue weighted by Gasteiger charge is -2.23. The molecule has 4 nitrogen and oxygen atoms in total. The van der Waals surface area contributed by atoms with Gasteiger partial charge < -0.3 is 15.8 Å². The highest BCUT2D eigenvalue weighted by Crippen LogP contribution is 2.24. The first-order valence-corrected chi connectivity index (χ1v) is 7.46. The van der Waals surface area contributed by atoms with Gasteiger partial charge in [0.15, 0.2) is 6.61 Å². The fourth-order valence-electron chi connectivity index (χ4n) is 2.54. The van der Waals surface area contributed by atoms with E-state index >= 15 is 0 Å². The van der Waals surface area contributed by atoms with Gasteiger partial charge in [0.1, 0.15) is 5.75 Å². The van der Waals surface area contributed by atoms with Crippen molar-refractivity contribution in [1.82, 2.24) is 5.32 Å². The zero-order valence-corrected chi connectivity index (χ0v) is 13.5. The zero-order chi connectivity index (χ0) is 14.4. The van der Waals surface area contributed by atoms with Gasteiger partial charge in [-0.15, -0.1) is 12.4 Å². The van der Waals surface area contributed by atoms with Crippen LogP contribution in [0, 0.1) is 0 Å². The molecule has 0 radical (unpaired) electrons. The van der Waals surface area contributed by atoms with Crippen LogP contribution in [-0.2, 0) is 11.3 Å². The molecule has 1 aliphatic carbocycles. The predicted molar refractivity (Wildman–Crippen MR) is 87.1 cm³/mol. The normalized spacial score (nSPS) is 15.3. The van der Waals surface area contributed by atoms with Gasteiger partial charge >= 0.3 is 0 Å². The monoisotopic (exact) mass is 332 g/mol. The number of amides is 1. The number of halogens is 2. The second kappa shape index (κ2) is 9.13. The van der Waals surface area contributed by atoms with Gasteiger partial charge in [-0.25, -0.2) is 0 Å². The molecule has 1 aliphatic rings. The van der Waals surface area contributed by atoms with Crippen molar-refractivity contribution >= 4 is 29.9 Å². The van der Waals surface area contributed by atoms with E-state index in [2.05, 4.69) is 5.32 Å². The first-order valence-electron chi connectivity index (χ1n) is 7.08. The molecule has 0 aliphatic heterocycles. The van der Waals surface area contributed by atoms with Gasteiger partial charge in [0.05, 0.1) is 0 Å². The summed E-state index contributed by atoms with van der Waals surface area (Å²) in [5.74, 6) is 0.183. The molecule has 0 bridgehead atoms. The second-order valence-electron chi connectivity index (χ2n) is 5.22. The highest BCUT2D eigenvalue weighted by molar-refractivity contribution is 6.30. The predicted octanol–water partition coefficient (Wildman–Crippen LogP) is 3.05. The number of benzene rings is 1. The second-order valence-corrected chi connectivity index (χ2v) is 5.66. The molecule has 2 rings (SSSR count).